The van der Waals surface area contributed by atoms with Gasteiger partial charge in [-0.25, -0.2) is 0 Å². The third-order valence-electron chi connectivity index (χ3n) is 3.02. The number of hydrogen-bond donors (Lipinski definition) is 1. The molecule has 0 radical (unpaired) electrons. The molecule has 2 aromatic rings. The molecule has 0 saturated heterocycles. The largest absolute Gasteiger partial charge is 0.495 e. The molecule has 0 heterocycles. The van der Waals surface area contributed by atoms with Gasteiger partial charge in [0.25, 0.3) is 0 Å². The number of nitrogens with two attached hydrogens (primary N) is 1. The standard InChI is InChI=1S/C16H19NO2/c1-11-4-6-15(12(2)8-11)19-10-13-5-7-16(18-3)14(17)9-13/h4-9H,10,17H2,1-3H3. The second kappa shape index (κ2) is 5.65. The highest BCUT2D eigenvalue weighted by Gasteiger charge is 2.03. The van der Waals surface area contributed by atoms with E-state index in [2.05, 4.69) is 13.0 Å². The van der Waals surface area contributed by atoms with Gasteiger partial charge in [-0.1, -0.05) is 23.8 Å². The van der Waals surface area contributed by atoms with Gasteiger partial charge in [0.05, 0.1) is 12.8 Å². The van der Waals surface area contributed by atoms with Crippen molar-refractivity contribution < 1.29 is 9.47 Å². The van der Waals surface area contributed by atoms with Crippen molar-refractivity contribution in [3.05, 3.63) is 53.1 Å². The van der Waals surface area contributed by atoms with Crippen LogP contribution in [0.4, 0.5) is 5.69 Å². The maximum absolute atomic E-state index is 5.87. The van der Waals surface area contributed by atoms with Crippen LogP contribution in [-0.4, -0.2) is 7.11 Å². The van der Waals surface area contributed by atoms with Gasteiger partial charge >= 0.3 is 0 Å². The number of aryl methyl sites for hydroxylation is 2. The minimum atomic E-state index is 0.498. The van der Waals surface area contributed by atoms with Gasteiger partial charge in [0.1, 0.15) is 18.1 Å². The van der Waals surface area contributed by atoms with Crippen molar-refractivity contribution in [1.82, 2.24) is 0 Å². The highest BCUT2D eigenvalue weighted by molar-refractivity contribution is 5.54. The van der Waals surface area contributed by atoms with E-state index in [-0.39, 0.29) is 0 Å². The van der Waals surface area contributed by atoms with Crippen molar-refractivity contribution in [1.29, 1.82) is 0 Å². The molecule has 2 rings (SSSR count). The monoisotopic (exact) mass is 257 g/mol. The van der Waals surface area contributed by atoms with Crippen LogP contribution >= 0.6 is 0 Å². The van der Waals surface area contributed by atoms with Crippen LogP contribution < -0.4 is 15.2 Å². The van der Waals surface area contributed by atoms with Crippen molar-refractivity contribution in [2.45, 2.75) is 20.5 Å². The average Bonchev–Trinajstić information content (AvgIpc) is 2.38. The number of anilines is 1. The van der Waals surface area contributed by atoms with Gasteiger partial charge in [0.2, 0.25) is 0 Å². The van der Waals surface area contributed by atoms with Gasteiger partial charge < -0.3 is 15.2 Å². The van der Waals surface area contributed by atoms with Gasteiger partial charge in [-0.3, -0.25) is 0 Å². The molecule has 2 N–H and O–H groups in total. The Morgan fingerprint density at radius 3 is 2.37 bits per heavy atom. The van der Waals surface area contributed by atoms with E-state index in [9.17, 15) is 0 Å². The fourth-order valence-electron chi connectivity index (χ4n) is 2.00. The van der Waals surface area contributed by atoms with E-state index in [1.807, 2.05) is 37.3 Å². The Hall–Kier alpha value is -2.16. The number of benzene rings is 2. The van der Waals surface area contributed by atoms with Crippen LogP contribution in [0.15, 0.2) is 36.4 Å². The minimum Gasteiger partial charge on any atom is -0.495 e. The predicted molar refractivity (Wildman–Crippen MR) is 77.7 cm³/mol. The molecule has 3 nitrogen and oxygen atoms in total. The Kier molecular flexibility index (Phi) is 3.95. The first kappa shape index (κ1) is 13.3. The number of methoxy groups -OCH3 is 1. The summed E-state index contributed by atoms with van der Waals surface area (Å²) in [5.41, 5.74) is 9.90. The van der Waals surface area contributed by atoms with E-state index >= 15 is 0 Å². The molecule has 0 bridgehead atoms. The summed E-state index contributed by atoms with van der Waals surface area (Å²) in [5, 5.41) is 0. The summed E-state index contributed by atoms with van der Waals surface area (Å²) >= 11 is 0. The molecule has 0 aliphatic carbocycles. The SMILES string of the molecule is COc1ccc(COc2ccc(C)cc2C)cc1N. The second-order valence-electron chi connectivity index (χ2n) is 4.63. The quantitative estimate of drug-likeness (QED) is 0.853. The van der Waals surface area contributed by atoms with Crippen molar-refractivity contribution in [2.75, 3.05) is 12.8 Å². The lowest BCUT2D eigenvalue weighted by Gasteiger charge is -2.11. The van der Waals surface area contributed by atoms with Crippen LogP contribution in [0, 0.1) is 13.8 Å². The summed E-state index contributed by atoms with van der Waals surface area (Å²) in [6.07, 6.45) is 0. The Labute approximate surface area is 114 Å². The van der Waals surface area contributed by atoms with Gasteiger partial charge in [-0.05, 0) is 43.2 Å². The smallest absolute Gasteiger partial charge is 0.141 e. The molecule has 100 valence electrons. The maximum atomic E-state index is 5.87. The molecule has 0 aromatic heterocycles. The van der Waals surface area contributed by atoms with Gasteiger partial charge in [-0.2, -0.15) is 0 Å². The molecule has 2 aromatic carbocycles. The summed E-state index contributed by atoms with van der Waals surface area (Å²) in [7, 11) is 1.61. The molecule has 0 unspecified atom stereocenters. The normalized spacial score (nSPS) is 10.3. The van der Waals surface area contributed by atoms with Gasteiger partial charge in [-0.15, -0.1) is 0 Å². The molecule has 0 fully saturated rings. The predicted octanol–water partition coefficient (Wildman–Crippen LogP) is 3.47. The lowest BCUT2D eigenvalue weighted by atomic mass is 10.1. The van der Waals surface area contributed by atoms with Crippen molar-refractivity contribution in [3.8, 4) is 11.5 Å². The third-order valence-corrected chi connectivity index (χ3v) is 3.02. The first-order valence-electron chi connectivity index (χ1n) is 6.22. The van der Waals surface area contributed by atoms with E-state index in [1.165, 1.54) is 5.56 Å². The van der Waals surface area contributed by atoms with Crippen LogP contribution in [0.25, 0.3) is 0 Å². The zero-order chi connectivity index (χ0) is 13.8. The van der Waals surface area contributed by atoms with Crippen LogP contribution in [0.5, 0.6) is 11.5 Å². The summed E-state index contributed by atoms with van der Waals surface area (Å²) in [6.45, 7) is 4.61. The lowest BCUT2D eigenvalue weighted by Crippen LogP contribution is -1.99. The third kappa shape index (κ3) is 3.19. The molecule has 0 atom stereocenters. The lowest BCUT2D eigenvalue weighted by molar-refractivity contribution is 0.304. The first-order valence-corrected chi connectivity index (χ1v) is 6.22. The zero-order valence-electron chi connectivity index (χ0n) is 11.6. The summed E-state index contributed by atoms with van der Waals surface area (Å²) in [4.78, 5) is 0. The maximum Gasteiger partial charge on any atom is 0.141 e. The molecule has 0 spiro atoms. The molecular weight excluding hydrogens is 238 g/mol. The fourth-order valence-corrected chi connectivity index (χ4v) is 2.00. The Balaban J connectivity index is 2.08. The van der Waals surface area contributed by atoms with Crippen LogP contribution in [0.2, 0.25) is 0 Å². The van der Waals surface area contributed by atoms with Gasteiger partial charge in [0, 0.05) is 0 Å². The number of ether oxygens (including phenoxy) is 2. The Morgan fingerprint density at radius 2 is 1.74 bits per heavy atom. The van der Waals surface area contributed by atoms with Crippen molar-refractivity contribution >= 4 is 5.69 Å². The molecule has 0 saturated carbocycles. The van der Waals surface area contributed by atoms with E-state index in [0.29, 0.717) is 18.0 Å². The van der Waals surface area contributed by atoms with Crippen LogP contribution in [0.3, 0.4) is 0 Å². The van der Waals surface area contributed by atoms with E-state index in [1.54, 1.807) is 7.11 Å². The summed E-state index contributed by atoms with van der Waals surface area (Å²) < 4.78 is 10.9. The Morgan fingerprint density at radius 1 is 1.00 bits per heavy atom. The van der Waals surface area contributed by atoms with E-state index in [4.69, 9.17) is 15.2 Å². The van der Waals surface area contributed by atoms with Crippen molar-refractivity contribution in [2.24, 2.45) is 0 Å². The summed E-state index contributed by atoms with van der Waals surface area (Å²) in [5.74, 6) is 1.59. The first-order chi connectivity index (χ1) is 9.10. The molecule has 0 amide bonds. The molecule has 19 heavy (non-hydrogen) atoms. The van der Waals surface area contributed by atoms with E-state index in [0.717, 1.165) is 16.9 Å². The fraction of sp³-hybridized carbons (Fsp3) is 0.250. The van der Waals surface area contributed by atoms with Crippen molar-refractivity contribution in [3.63, 3.8) is 0 Å². The van der Waals surface area contributed by atoms with Crippen LogP contribution in [0.1, 0.15) is 16.7 Å². The number of rotatable bonds is 4. The number of nitrogen functional groups attached to an aromatic ring is 1. The average molecular weight is 257 g/mol. The minimum absolute atomic E-state index is 0.498. The topological polar surface area (TPSA) is 44.5 Å². The second-order valence-corrected chi connectivity index (χ2v) is 4.63. The highest BCUT2D eigenvalue weighted by Crippen LogP contribution is 2.24. The van der Waals surface area contributed by atoms with E-state index < -0.39 is 0 Å². The number of hydrogen-bond acceptors (Lipinski definition) is 3. The zero-order valence-corrected chi connectivity index (χ0v) is 11.6. The molecule has 0 aliphatic rings. The highest BCUT2D eigenvalue weighted by atomic mass is 16.5. The van der Waals surface area contributed by atoms with Gasteiger partial charge in [0.15, 0.2) is 0 Å². The van der Waals surface area contributed by atoms with Crippen LogP contribution in [-0.2, 0) is 6.61 Å². The summed E-state index contributed by atoms with van der Waals surface area (Å²) in [6, 6.07) is 11.8. The Bertz CT molecular complexity index is 579. The molecular formula is C16H19NO2. The molecule has 0 aliphatic heterocycles. The molecule has 3 heteroatoms.